The van der Waals surface area contributed by atoms with E-state index in [4.69, 9.17) is 5.73 Å². The van der Waals surface area contributed by atoms with E-state index >= 15 is 0 Å². The predicted octanol–water partition coefficient (Wildman–Crippen LogP) is -0.538. The molecule has 2 aliphatic heterocycles. The van der Waals surface area contributed by atoms with Gasteiger partial charge in [0.05, 0.1) is 5.92 Å². The molecule has 90 valence electrons. The van der Waals surface area contributed by atoms with E-state index in [1.54, 1.807) is 4.90 Å². The lowest BCUT2D eigenvalue weighted by Gasteiger charge is -2.35. The Morgan fingerprint density at radius 1 is 1.25 bits per heavy atom. The van der Waals surface area contributed by atoms with Crippen LogP contribution in [0.3, 0.4) is 0 Å². The van der Waals surface area contributed by atoms with Crippen molar-refractivity contribution < 1.29 is 9.59 Å². The van der Waals surface area contributed by atoms with E-state index in [-0.39, 0.29) is 23.8 Å². The molecule has 0 aliphatic carbocycles. The normalized spacial score (nSPS) is 30.4. The third-order valence-corrected chi connectivity index (χ3v) is 3.52. The molecule has 0 aromatic rings. The van der Waals surface area contributed by atoms with Crippen LogP contribution in [0.4, 0.5) is 0 Å². The number of amides is 2. The molecule has 5 heteroatoms. The molecule has 2 heterocycles. The lowest BCUT2D eigenvalue weighted by Crippen LogP contribution is -2.52. The maximum absolute atomic E-state index is 12.2. The van der Waals surface area contributed by atoms with E-state index in [2.05, 4.69) is 5.32 Å². The SMILES string of the molecule is NC(=O)C1CCCCN1C(=O)C1CCNC1. The van der Waals surface area contributed by atoms with Crippen molar-refractivity contribution in [2.75, 3.05) is 19.6 Å². The van der Waals surface area contributed by atoms with Gasteiger partial charge in [0.15, 0.2) is 0 Å². The van der Waals surface area contributed by atoms with Crippen LogP contribution in [0, 0.1) is 5.92 Å². The summed E-state index contributed by atoms with van der Waals surface area (Å²) in [6.07, 6.45) is 3.57. The van der Waals surface area contributed by atoms with Gasteiger partial charge in [-0.25, -0.2) is 0 Å². The van der Waals surface area contributed by atoms with Crippen molar-refractivity contribution in [1.82, 2.24) is 10.2 Å². The fraction of sp³-hybridized carbons (Fsp3) is 0.818. The van der Waals surface area contributed by atoms with Gasteiger partial charge in [-0.2, -0.15) is 0 Å². The van der Waals surface area contributed by atoms with Gasteiger partial charge in [-0.1, -0.05) is 0 Å². The highest BCUT2D eigenvalue weighted by atomic mass is 16.2. The first-order valence-corrected chi connectivity index (χ1v) is 6.00. The van der Waals surface area contributed by atoms with Crippen molar-refractivity contribution in [1.29, 1.82) is 0 Å². The molecule has 3 N–H and O–H groups in total. The number of piperidine rings is 1. The number of nitrogens with one attached hydrogen (secondary N) is 1. The summed E-state index contributed by atoms with van der Waals surface area (Å²) in [4.78, 5) is 25.2. The second kappa shape index (κ2) is 4.82. The minimum Gasteiger partial charge on any atom is -0.368 e. The summed E-state index contributed by atoms with van der Waals surface area (Å²) < 4.78 is 0. The van der Waals surface area contributed by atoms with Crippen molar-refractivity contribution in [2.24, 2.45) is 11.7 Å². The Balaban J connectivity index is 2.04. The molecule has 2 fully saturated rings. The molecule has 5 nitrogen and oxygen atoms in total. The molecule has 0 radical (unpaired) electrons. The lowest BCUT2D eigenvalue weighted by molar-refractivity contribution is -0.143. The van der Waals surface area contributed by atoms with Gasteiger partial charge in [-0.15, -0.1) is 0 Å². The number of carbonyl (C=O) groups excluding carboxylic acids is 2. The molecular formula is C11H19N3O2. The average Bonchev–Trinajstić information content (AvgIpc) is 2.81. The number of carbonyl (C=O) groups is 2. The van der Waals surface area contributed by atoms with Crippen molar-refractivity contribution in [3.8, 4) is 0 Å². The van der Waals surface area contributed by atoms with Gasteiger partial charge in [0.1, 0.15) is 6.04 Å². The first kappa shape index (κ1) is 11.4. The van der Waals surface area contributed by atoms with Gasteiger partial charge in [0.2, 0.25) is 11.8 Å². The molecule has 0 saturated carbocycles. The first-order valence-electron chi connectivity index (χ1n) is 6.00. The largest absolute Gasteiger partial charge is 0.368 e. The van der Waals surface area contributed by atoms with Crippen molar-refractivity contribution in [3.05, 3.63) is 0 Å². The lowest BCUT2D eigenvalue weighted by atomic mass is 9.98. The second-order valence-electron chi connectivity index (χ2n) is 4.64. The first-order chi connectivity index (χ1) is 7.70. The molecule has 2 aliphatic rings. The number of hydrogen-bond acceptors (Lipinski definition) is 3. The van der Waals surface area contributed by atoms with E-state index in [1.807, 2.05) is 0 Å². The molecule has 0 aromatic carbocycles. The van der Waals surface area contributed by atoms with Gasteiger partial charge >= 0.3 is 0 Å². The zero-order chi connectivity index (χ0) is 11.5. The highest BCUT2D eigenvalue weighted by Gasteiger charge is 2.35. The highest BCUT2D eigenvalue weighted by molar-refractivity contribution is 5.88. The summed E-state index contributed by atoms with van der Waals surface area (Å²) in [5, 5.41) is 3.17. The van der Waals surface area contributed by atoms with Crippen molar-refractivity contribution >= 4 is 11.8 Å². The van der Waals surface area contributed by atoms with Gasteiger partial charge in [0, 0.05) is 13.1 Å². The Morgan fingerprint density at radius 2 is 2.06 bits per heavy atom. The van der Waals surface area contributed by atoms with Gasteiger partial charge in [0.25, 0.3) is 0 Å². The molecule has 16 heavy (non-hydrogen) atoms. The monoisotopic (exact) mass is 225 g/mol. The summed E-state index contributed by atoms with van der Waals surface area (Å²) in [6.45, 7) is 2.31. The van der Waals surface area contributed by atoms with Crippen LogP contribution in [0.5, 0.6) is 0 Å². The van der Waals surface area contributed by atoms with Gasteiger partial charge < -0.3 is 16.0 Å². The van der Waals surface area contributed by atoms with Crippen LogP contribution in [-0.4, -0.2) is 42.4 Å². The Hall–Kier alpha value is -1.10. The third-order valence-electron chi connectivity index (χ3n) is 3.52. The highest BCUT2D eigenvalue weighted by Crippen LogP contribution is 2.21. The molecule has 2 unspecified atom stereocenters. The van der Waals surface area contributed by atoms with E-state index in [1.165, 1.54) is 0 Å². The fourth-order valence-corrected chi connectivity index (χ4v) is 2.59. The number of nitrogens with two attached hydrogens (primary N) is 1. The maximum atomic E-state index is 12.2. The zero-order valence-electron chi connectivity index (χ0n) is 9.45. The van der Waals surface area contributed by atoms with Gasteiger partial charge in [-0.05, 0) is 32.2 Å². The molecule has 0 aromatic heterocycles. The van der Waals surface area contributed by atoms with E-state index in [0.29, 0.717) is 6.54 Å². The molecular weight excluding hydrogens is 206 g/mol. The quantitative estimate of drug-likeness (QED) is 0.663. The second-order valence-corrected chi connectivity index (χ2v) is 4.64. The summed E-state index contributed by atoms with van der Waals surface area (Å²) in [5.41, 5.74) is 5.35. The van der Waals surface area contributed by atoms with Crippen molar-refractivity contribution in [2.45, 2.75) is 31.7 Å². The Morgan fingerprint density at radius 3 is 2.69 bits per heavy atom. The van der Waals surface area contributed by atoms with Gasteiger partial charge in [-0.3, -0.25) is 9.59 Å². The Bertz CT molecular complexity index is 287. The third kappa shape index (κ3) is 2.19. The van der Waals surface area contributed by atoms with Crippen molar-refractivity contribution in [3.63, 3.8) is 0 Å². The molecule has 2 rings (SSSR count). The van der Waals surface area contributed by atoms with Crippen LogP contribution in [0.15, 0.2) is 0 Å². The maximum Gasteiger partial charge on any atom is 0.240 e. The summed E-state index contributed by atoms with van der Waals surface area (Å²) in [5.74, 6) is -0.215. The van der Waals surface area contributed by atoms with E-state index < -0.39 is 0 Å². The molecule has 2 atom stereocenters. The molecule has 0 bridgehead atoms. The van der Waals surface area contributed by atoms with Crippen LogP contribution in [0.1, 0.15) is 25.7 Å². The number of likely N-dealkylation sites (tertiary alicyclic amines) is 1. The minimum atomic E-state index is -0.373. The average molecular weight is 225 g/mol. The molecule has 0 spiro atoms. The predicted molar refractivity (Wildman–Crippen MR) is 59.5 cm³/mol. The number of primary amides is 1. The van der Waals surface area contributed by atoms with Crippen LogP contribution >= 0.6 is 0 Å². The number of rotatable bonds is 2. The Labute approximate surface area is 95.3 Å². The smallest absolute Gasteiger partial charge is 0.240 e. The molecule has 2 amide bonds. The summed E-state index contributed by atoms with van der Waals surface area (Å²) in [6, 6.07) is -0.373. The molecule has 2 saturated heterocycles. The summed E-state index contributed by atoms with van der Waals surface area (Å²) >= 11 is 0. The van der Waals surface area contributed by atoms with Crippen LogP contribution in [0.25, 0.3) is 0 Å². The fourth-order valence-electron chi connectivity index (χ4n) is 2.59. The minimum absolute atomic E-state index is 0.0416. The van der Waals surface area contributed by atoms with Crippen LogP contribution in [-0.2, 0) is 9.59 Å². The van der Waals surface area contributed by atoms with Crippen LogP contribution in [0.2, 0.25) is 0 Å². The number of hydrogen-bond donors (Lipinski definition) is 2. The van der Waals surface area contributed by atoms with E-state index in [0.717, 1.165) is 38.8 Å². The number of nitrogens with zero attached hydrogens (tertiary/aromatic N) is 1. The van der Waals surface area contributed by atoms with Crippen LogP contribution < -0.4 is 11.1 Å². The Kier molecular flexibility index (Phi) is 3.43. The standard InChI is InChI=1S/C11H19N3O2/c12-10(15)9-3-1-2-6-14(9)11(16)8-4-5-13-7-8/h8-9,13H,1-7H2,(H2,12,15). The topological polar surface area (TPSA) is 75.4 Å². The van der Waals surface area contributed by atoms with E-state index in [9.17, 15) is 9.59 Å². The summed E-state index contributed by atoms with van der Waals surface area (Å²) in [7, 11) is 0. The zero-order valence-corrected chi connectivity index (χ0v) is 9.45.